The summed E-state index contributed by atoms with van der Waals surface area (Å²) in [5, 5.41) is 2.63. The lowest BCUT2D eigenvalue weighted by Crippen LogP contribution is -2.42. The summed E-state index contributed by atoms with van der Waals surface area (Å²) in [5.41, 5.74) is 7.86. The van der Waals surface area contributed by atoms with E-state index in [1.165, 1.54) is 0 Å². The molecule has 0 radical (unpaired) electrons. The predicted octanol–water partition coefficient (Wildman–Crippen LogP) is 1.99. The van der Waals surface area contributed by atoms with E-state index in [1.807, 2.05) is 53.4 Å². The van der Waals surface area contributed by atoms with Gasteiger partial charge in [-0.25, -0.2) is 4.99 Å². The predicted molar refractivity (Wildman–Crippen MR) is 88.7 cm³/mol. The fraction of sp³-hybridized carbons (Fsp3) is 0.176. The van der Waals surface area contributed by atoms with Crippen LogP contribution in [0.5, 0.6) is 11.5 Å². The summed E-state index contributed by atoms with van der Waals surface area (Å²) < 4.78 is 5.85. The molecule has 118 valence electrons. The molecule has 0 aliphatic carbocycles. The Kier molecular flexibility index (Phi) is 4.42. The Morgan fingerprint density at radius 1 is 1.22 bits per heavy atom. The second kappa shape index (κ2) is 6.83. The van der Waals surface area contributed by atoms with E-state index in [0.29, 0.717) is 32.0 Å². The summed E-state index contributed by atoms with van der Waals surface area (Å²) in [6.07, 6.45) is 0.678. The van der Waals surface area contributed by atoms with Gasteiger partial charge in [-0.3, -0.25) is 4.79 Å². The second-order valence-corrected chi connectivity index (χ2v) is 5.17. The number of benzene rings is 2. The van der Waals surface area contributed by atoms with Crippen LogP contribution in [0, 0.1) is 0 Å². The third-order valence-electron chi connectivity index (χ3n) is 3.56. The van der Waals surface area contributed by atoms with Gasteiger partial charge in [0.2, 0.25) is 6.41 Å². The van der Waals surface area contributed by atoms with Crippen molar-refractivity contribution in [1.29, 1.82) is 0 Å². The van der Waals surface area contributed by atoms with Gasteiger partial charge in [0.15, 0.2) is 5.96 Å². The summed E-state index contributed by atoms with van der Waals surface area (Å²) in [7, 11) is 0. The summed E-state index contributed by atoms with van der Waals surface area (Å²) in [6.45, 7) is 1.77. The summed E-state index contributed by atoms with van der Waals surface area (Å²) in [6, 6.07) is 15.4. The smallest absolute Gasteiger partial charge is 0.207 e. The van der Waals surface area contributed by atoms with Crippen molar-refractivity contribution in [3.8, 4) is 11.5 Å². The summed E-state index contributed by atoms with van der Waals surface area (Å²) >= 11 is 0. The zero-order chi connectivity index (χ0) is 16.1. The maximum atomic E-state index is 10.3. The first-order chi connectivity index (χ1) is 11.3. The molecule has 1 amide bonds. The van der Waals surface area contributed by atoms with Crippen LogP contribution in [0.4, 0.5) is 5.69 Å². The van der Waals surface area contributed by atoms with E-state index in [-0.39, 0.29) is 0 Å². The number of nitrogens with two attached hydrogens (primary N) is 1. The Bertz CT molecular complexity index is 716. The number of amides is 1. The molecule has 0 atom stereocenters. The minimum atomic E-state index is 0.460. The number of nitrogens with one attached hydrogen (secondary N) is 1. The van der Waals surface area contributed by atoms with Crippen LogP contribution in [0.1, 0.15) is 5.56 Å². The van der Waals surface area contributed by atoms with Crippen molar-refractivity contribution in [2.45, 2.75) is 6.54 Å². The molecule has 0 bridgehead atoms. The average Bonchev–Trinajstić information content (AvgIpc) is 2.57. The number of aliphatic imine (C=N–C) groups is 1. The first-order valence-electron chi connectivity index (χ1n) is 7.38. The molecule has 0 fully saturated rings. The van der Waals surface area contributed by atoms with Crippen LogP contribution in [0.25, 0.3) is 0 Å². The van der Waals surface area contributed by atoms with Gasteiger partial charge in [0.25, 0.3) is 0 Å². The van der Waals surface area contributed by atoms with Crippen molar-refractivity contribution in [3.05, 3.63) is 54.1 Å². The SMILES string of the molecule is NC1=Nc2ccc(Oc3ccccc3)cc2CN1CCNC=O. The van der Waals surface area contributed by atoms with Crippen molar-refractivity contribution < 1.29 is 9.53 Å². The van der Waals surface area contributed by atoms with Crippen LogP contribution in [0.2, 0.25) is 0 Å². The number of para-hydroxylation sites is 1. The number of hydrogen-bond donors (Lipinski definition) is 2. The van der Waals surface area contributed by atoms with E-state index >= 15 is 0 Å². The highest BCUT2D eigenvalue weighted by Crippen LogP contribution is 2.31. The minimum absolute atomic E-state index is 0.460. The number of ether oxygens (including phenoxy) is 1. The Morgan fingerprint density at radius 3 is 2.83 bits per heavy atom. The van der Waals surface area contributed by atoms with E-state index < -0.39 is 0 Å². The molecule has 1 heterocycles. The van der Waals surface area contributed by atoms with Crippen LogP contribution in [0.15, 0.2) is 53.5 Å². The molecular formula is C17H18N4O2. The Morgan fingerprint density at radius 2 is 2.04 bits per heavy atom. The van der Waals surface area contributed by atoms with Gasteiger partial charge in [0.05, 0.1) is 5.69 Å². The third kappa shape index (κ3) is 3.60. The Labute approximate surface area is 134 Å². The van der Waals surface area contributed by atoms with Crippen LogP contribution in [-0.4, -0.2) is 30.4 Å². The zero-order valence-corrected chi connectivity index (χ0v) is 12.6. The molecule has 2 aromatic rings. The molecule has 1 aliphatic rings. The molecule has 3 rings (SSSR count). The van der Waals surface area contributed by atoms with Gasteiger partial charge in [-0.15, -0.1) is 0 Å². The Balaban J connectivity index is 1.75. The fourth-order valence-electron chi connectivity index (χ4n) is 2.42. The van der Waals surface area contributed by atoms with Gasteiger partial charge in [0, 0.05) is 25.2 Å². The molecule has 6 heteroatoms. The standard InChI is InChI=1S/C17H18N4O2/c18-17-20-16-7-6-15(23-14-4-2-1-3-5-14)10-13(16)11-21(17)9-8-19-12-22/h1-7,10,12H,8-9,11H2,(H2,18,20)(H,19,22). The summed E-state index contributed by atoms with van der Waals surface area (Å²) in [4.78, 5) is 16.7. The van der Waals surface area contributed by atoms with Gasteiger partial charge >= 0.3 is 0 Å². The molecule has 23 heavy (non-hydrogen) atoms. The van der Waals surface area contributed by atoms with Crippen molar-refractivity contribution >= 4 is 18.1 Å². The highest BCUT2D eigenvalue weighted by Gasteiger charge is 2.17. The van der Waals surface area contributed by atoms with Crippen molar-refractivity contribution in [2.24, 2.45) is 10.7 Å². The first kappa shape index (κ1) is 14.9. The van der Waals surface area contributed by atoms with Crippen LogP contribution >= 0.6 is 0 Å². The lowest BCUT2D eigenvalue weighted by molar-refractivity contribution is -0.109. The summed E-state index contributed by atoms with van der Waals surface area (Å²) in [5.74, 6) is 2.01. The van der Waals surface area contributed by atoms with Gasteiger partial charge in [-0.05, 0) is 30.3 Å². The van der Waals surface area contributed by atoms with Crippen molar-refractivity contribution in [1.82, 2.24) is 10.2 Å². The van der Waals surface area contributed by atoms with E-state index in [9.17, 15) is 4.79 Å². The van der Waals surface area contributed by atoms with Gasteiger partial charge < -0.3 is 20.7 Å². The number of carbonyl (C=O) groups is 1. The number of guanidine groups is 1. The molecule has 2 aromatic carbocycles. The lowest BCUT2D eigenvalue weighted by atomic mass is 10.1. The zero-order valence-electron chi connectivity index (χ0n) is 12.6. The molecule has 0 saturated carbocycles. The normalized spacial score (nSPS) is 13.0. The lowest BCUT2D eigenvalue weighted by Gasteiger charge is -2.28. The van der Waals surface area contributed by atoms with Crippen molar-refractivity contribution in [3.63, 3.8) is 0 Å². The third-order valence-corrected chi connectivity index (χ3v) is 3.56. The molecule has 1 aliphatic heterocycles. The first-order valence-corrected chi connectivity index (χ1v) is 7.38. The van der Waals surface area contributed by atoms with Gasteiger partial charge in [-0.2, -0.15) is 0 Å². The average molecular weight is 310 g/mol. The maximum absolute atomic E-state index is 10.3. The molecule has 0 saturated heterocycles. The quantitative estimate of drug-likeness (QED) is 0.631. The Hall–Kier alpha value is -3.02. The molecule has 3 N–H and O–H groups in total. The number of rotatable bonds is 6. The number of fused-ring (bicyclic) bond motifs is 1. The topological polar surface area (TPSA) is 80.0 Å². The molecular weight excluding hydrogens is 292 g/mol. The molecule has 0 unspecified atom stereocenters. The van der Waals surface area contributed by atoms with E-state index in [4.69, 9.17) is 10.5 Å². The van der Waals surface area contributed by atoms with E-state index in [2.05, 4.69) is 10.3 Å². The van der Waals surface area contributed by atoms with Crippen LogP contribution in [0.3, 0.4) is 0 Å². The second-order valence-electron chi connectivity index (χ2n) is 5.17. The van der Waals surface area contributed by atoms with Crippen LogP contribution < -0.4 is 15.8 Å². The monoisotopic (exact) mass is 310 g/mol. The van der Waals surface area contributed by atoms with E-state index in [0.717, 1.165) is 22.7 Å². The van der Waals surface area contributed by atoms with Crippen molar-refractivity contribution in [2.75, 3.05) is 13.1 Å². The van der Waals surface area contributed by atoms with Crippen LogP contribution in [-0.2, 0) is 11.3 Å². The molecule has 6 nitrogen and oxygen atoms in total. The fourth-order valence-corrected chi connectivity index (χ4v) is 2.42. The minimum Gasteiger partial charge on any atom is -0.457 e. The highest BCUT2D eigenvalue weighted by molar-refractivity contribution is 5.83. The highest BCUT2D eigenvalue weighted by atomic mass is 16.5. The molecule has 0 aromatic heterocycles. The number of carbonyl (C=O) groups excluding carboxylic acids is 1. The number of hydrogen-bond acceptors (Lipinski definition) is 5. The number of nitrogens with zero attached hydrogens (tertiary/aromatic N) is 2. The van der Waals surface area contributed by atoms with E-state index in [1.54, 1.807) is 0 Å². The largest absolute Gasteiger partial charge is 0.457 e. The van der Waals surface area contributed by atoms with Gasteiger partial charge in [0.1, 0.15) is 11.5 Å². The molecule has 0 spiro atoms. The maximum Gasteiger partial charge on any atom is 0.207 e. The van der Waals surface area contributed by atoms with Gasteiger partial charge in [-0.1, -0.05) is 18.2 Å².